The van der Waals surface area contributed by atoms with Gasteiger partial charge in [-0.25, -0.2) is 4.98 Å². The normalized spacial score (nSPS) is 18.2. The van der Waals surface area contributed by atoms with Crippen molar-refractivity contribution < 1.29 is 19.1 Å². The van der Waals surface area contributed by atoms with Crippen LogP contribution in [0.5, 0.6) is 11.6 Å². The highest BCUT2D eigenvalue weighted by atomic mass is 16.5. The number of nitrogens with zero attached hydrogens (tertiary/aromatic N) is 1. The number of carbonyl (C=O) groups is 2. The molecular formula is C18H19N3O4. The highest BCUT2D eigenvalue weighted by molar-refractivity contribution is 6.39. The zero-order valence-corrected chi connectivity index (χ0v) is 14.0. The molecule has 130 valence electrons. The maximum atomic E-state index is 12.1. The lowest BCUT2D eigenvalue weighted by Gasteiger charge is -2.09. The summed E-state index contributed by atoms with van der Waals surface area (Å²) < 4.78 is 10.3. The molecule has 2 unspecified atom stereocenters. The number of hydrogen-bond acceptors (Lipinski definition) is 5. The predicted octanol–water partition coefficient (Wildman–Crippen LogP) is 1.71. The van der Waals surface area contributed by atoms with Gasteiger partial charge in [-0.05, 0) is 24.1 Å². The van der Waals surface area contributed by atoms with Crippen molar-refractivity contribution in [3.05, 3.63) is 48.2 Å². The molecule has 25 heavy (non-hydrogen) atoms. The average molecular weight is 341 g/mol. The van der Waals surface area contributed by atoms with Gasteiger partial charge in [0.1, 0.15) is 5.75 Å². The minimum Gasteiger partial charge on any atom is -0.496 e. The van der Waals surface area contributed by atoms with Crippen LogP contribution in [0, 0.1) is 0 Å². The molecule has 1 aliphatic carbocycles. The van der Waals surface area contributed by atoms with Crippen molar-refractivity contribution in [2.24, 2.45) is 0 Å². The van der Waals surface area contributed by atoms with Crippen LogP contribution in [0.1, 0.15) is 17.9 Å². The van der Waals surface area contributed by atoms with Crippen LogP contribution in [0.2, 0.25) is 0 Å². The second-order valence-corrected chi connectivity index (χ2v) is 5.71. The van der Waals surface area contributed by atoms with Crippen LogP contribution in [-0.4, -0.2) is 37.1 Å². The molecule has 3 rings (SSSR count). The summed E-state index contributed by atoms with van der Waals surface area (Å²) in [6, 6.07) is 10.8. The van der Waals surface area contributed by atoms with Gasteiger partial charge in [-0.15, -0.1) is 0 Å². The summed E-state index contributed by atoms with van der Waals surface area (Å²) in [5.74, 6) is -0.00972. The zero-order valence-electron chi connectivity index (χ0n) is 14.0. The van der Waals surface area contributed by atoms with Crippen molar-refractivity contribution in [3.8, 4) is 11.6 Å². The second kappa shape index (κ2) is 7.21. The SMILES string of the molecule is COc1ccc(NC(=O)C(=O)NC2CC2c2ccccc2OC)cn1. The number of amides is 2. The van der Waals surface area contributed by atoms with Crippen molar-refractivity contribution in [2.75, 3.05) is 19.5 Å². The third-order valence-corrected chi connectivity index (χ3v) is 4.05. The number of anilines is 1. The molecule has 0 spiro atoms. The fourth-order valence-electron chi connectivity index (χ4n) is 2.67. The van der Waals surface area contributed by atoms with Gasteiger partial charge in [-0.1, -0.05) is 18.2 Å². The summed E-state index contributed by atoms with van der Waals surface area (Å²) in [6.45, 7) is 0. The van der Waals surface area contributed by atoms with Crippen LogP contribution in [0.4, 0.5) is 5.69 Å². The van der Waals surface area contributed by atoms with Crippen molar-refractivity contribution in [1.82, 2.24) is 10.3 Å². The number of methoxy groups -OCH3 is 2. The first kappa shape index (κ1) is 16.8. The molecule has 1 aromatic heterocycles. The van der Waals surface area contributed by atoms with E-state index in [9.17, 15) is 9.59 Å². The molecule has 0 bridgehead atoms. The lowest BCUT2D eigenvalue weighted by atomic mass is 10.1. The Balaban J connectivity index is 1.55. The van der Waals surface area contributed by atoms with Crippen molar-refractivity contribution in [1.29, 1.82) is 0 Å². The van der Waals surface area contributed by atoms with Crippen LogP contribution in [0.25, 0.3) is 0 Å². The number of pyridine rings is 1. The van der Waals surface area contributed by atoms with Gasteiger partial charge < -0.3 is 20.1 Å². The molecule has 1 fully saturated rings. The molecule has 2 aromatic rings. The minimum absolute atomic E-state index is 0.0662. The van der Waals surface area contributed by atoms with E-state index in [2.05, 4.69) is 15.6 Å². The molecule has 0 saturated heterocycles. The number of aromatic nitrogens is 1. The smallest absolute Gasteiger partial charge is 0.313 e. The van der Waals surface area contributed by atoms with Gasteiger partial charge in [-0.2, -0.15) is 0 Å². The Morgan fingerprint density at radius 3 is 2.56 bits per heavy atom. The molecule has 1 heterocycles. The first-order valence-corrected chi connectivity index (χ1v) is 7.87. The zero-order chi connectivity index (χ0) is 17.8. The van der Waals surface area contributed by atoms with Gasteiger partial charge in [0.25, 0.3) is 0 Å². The Morgan fingerprint density at radius 1 is 1.08 bits per heavy atom. The number of hydrogen-bond donors (Lipinski definition) is 2. The number of carbonyl (C=O) groups excluding carboxylic acids is 2. The molecule has 2 atom stereocenters. The van der Waals surface area contributed by atoms with E-state index in [-0.39, 0.29) is 12.0 Å². The Bertz CT molecular complexity index is 776. The van der Waals surface area contributed by atoms with Crippen LogP contribution >= 0.6 is 0 Å². The Labute approximate surface area is 145 Å². The molecule has 2 N–H and O–H groups in total. The molecule has 0 radical (unpaired) electrons. The summed E-state index contributed by atoms with van der Waals surface area (Å²) in [4.78, 5) is 28.0. The molecular weight excluding hydrogens is 322 g/mol. The maximum absolute atomic E-state index is 12.1. The van der Waals surface area contributed by atoms with Gasteiger partial charge in [0, 0.05) is 18.0 Å². The molecule has 7 heteroatoms. The van der Waals surface area contributed by atoms with Gasteiger partial charge in [0.2, 0.25) is 5.88 Å². The van der Waals surface area contributed by atoms with Gasteiger partial charge in [-0.3, -0.25) is 9.59 Å². The van der Waals surface area contributed by atoms with E-state index in [1.807, 2.05) is 24.3 Å². The Kier molecular flexibility index (Phi) is 4.83. The van der Waals surface area contributed by atoms with Crippen molar-refractivity contribution in [2.45, 2.75) is 18.4 Å². The molecule has 2 amide bonds. The van der Waals surface area contributed by atoms with Crippen molar-refractivity contribution >= 4 is 17.5 Å². The number of ether oxygens (including phenoxy) is 2. The molecule has 1 aromatic carbocycles. The molecule has 1 saturated carbocycles. The highest BCUT2D eigenvalue weighted by Gasteiger charge is 2.41. The van der Waals surface area contributed by atoms with Crippen molar-refractivity contribution in [3.63, 3.8) is 0 Å². The van der Waals surface area contributed by atoms with Gasteiger partial charge in [0.15, 0.2) is 0 Å². The number of rotatable bonds is 5. The first-order valence-electron chi connectivity index (χ1n) is 7.87. The fraction of sp³-hybridized carbons (Fsp3) is 0.278. The lowest BCUT2D eigenvalue weighted by molar-refractivity contribution is -0.136. The fourth-order valence-corrected chi connectivity index (χ4v) is 2.67. The average Bonchev–Trinajstić information content (AvgIpc) is 3.41. The van der Waals surface area contributed by atoms with E-state index in [0.29, 0.717) is 11.6 Å². The predicted molar refractivity (Wildman–Crippen MR) is 91.7 cm³/mol. The second-order valence-electron chi connectivity index (χ2n) is 5.71. The minimum atomic E-state index is -0.724. The summed E-state index contributed by atoms with van der Waals surface area (Å²) >= 11 is 0. The third kappa shape index (κ3) is 3.88. The summed E-state index contributed by atoms with van der Waals surface area (Å²) in [6.07, 6.45) is 2.21. The highest BCUT2D eigenvalue weighted by Crippen LogP contribution is 2.44. The summed E-state index contributed by atoms with van der Waals surface area (Å²) in [5, 5.41) is 5.25. The summed E-state index contributed by atoms with van der Waals surface area (Å²) in [7, 11) is 3.12. The van der Waals surface area contributed by atoms with Crippen LogP contribution in [0.15, 0.2) is 42.6 Å². The number of nitrogens with one attached hydrogen (secondary N) is 2. The van der Waals surface area contributed by atoms with E-state index in [0.717, 1.165) is 17.7 Å². The van der Waals surface area contributed by atoms with E-state index >= 15 is 0 Å². The number of para-hydroxylation sites is 1. The topological polar surface area (TPSA) is 89.5 Å². The van der Waals surface area contributed by atoms with Crippen LogP contribution in [0.3, 0.4) is 0 Å². The lowest BCUT2D eigenvalue weighted by Crippen LogP contribution is -2.37. The van der Waals surface area contributed by atoms with Crippen LogP contribution in [-0.2, 0) is 9.59 Å². The van der Waals surface area contributed by atoms with E-state index in [4.69, 9.17) is 9.47 Å². The molecule has 1 aliphatic rings. The monoisotopic (exact) mass is 341 g/mol. The quantitative estimate of drug-likeness (QED) is 0.808. The summed E-state index contributed by atoms with van der Waals surface area (Å²) in [5.41, 5.74) is 1.47. The third-order valence-electron chi connectivity index (χ3n) is 4.05. The number of benzene rings is 1. The Morgan fingerprint density at radius 2 is 1.88 bits per heavy atom. The van der Waals surface area contributed by atoms with E-state index < -0.39 is 11.8 Å². The standard InChI is InChI=1S/C18H19N3O4/c1-24-15-6-4-3-5-12(15)13-9-14(13)21-18(23)17(22)20-11-7-8-16(25-2)19-10-11/h3-8,10,13-14H,9H2,1-2H3,(H,20,22)(H,21,23). The largest absolute Gasteiger partial charge is 0.496 e. The van der Waals surface area contributed by atoms with Gasteiger partial charge >= 0.3 is 11.8 Å². The van der Waals surface area contributed by atoms with Crippen LogP contribution < -0.4 is 20.1 Å². The van der Waals surface area contributed by atoms with E-state index in [1.54, 1.807) is 19.2 Å². The van der Waals surface area contributed by atoms with E-state index in [1.165, 1.54) is 13.3 Å². The first-order chi connectivity index (χ1) is 12.1. The molecule has 7 nitrogen and oxygen atoms in total. The molecule has 0 aliphatic heterocycles. The Hall–Kier alpha value is -3.09. The van der Waals surface area contributed by atoms with Gasteiger partial charge in [0.05, 0.1) is 26.1 Å². The maximum Gasteiger partial charge on any atom is 0.313 e.